The lowest BCUT2D eigenvalue weighted by molar-refractivity contribution is 0.0597. The van der Waals surface area contributed by atoms with Crippen LogP contribution >= 0.6 is 11.6 Å². The first-order chi connectivity index (χ1) is 22.5. The molecule has 232 valence electrons. The van der Waals surface area contributed by atoms with E-state index in [4.69, 9.17) is 16.6 Å². The van der Waals surface area contributed by atoms with E-state index >= 15 is 0 Å². The summed E-state index contributed by atoms with van der Waals surface area (Å²) in [6.45, 7) is 7.63. The van der Waals surface area contributed by atoms with Crippen molar-refractivity contribution in [3.05, 3.63) is 148 Å². The molecule has 0 atom stereocenters. The summed E-state index contributed by atoms with van der Waals surface area (Å²) in [7, 11) is 0. The van der Waals surface area contributed by atoms with Crippen LogP contribution in [-0.2, 0) is 6.54 Å². The van der Waals surface area contributed by atoms with Crippen molar-refractivity contribution in [3.63, 3.8) is 0 Å². The highest BCUT2D eigenvalue weighted by atomic mass is 35.5. The fourth-order valence-electron chi connectivity index (χ4n) is 6.65. The van der Waals surface area contributed by atoms with Gasteiger partial charge in [0.2, 0.25) is 0 Å². The van der Waals surface area contributed by atoms with E-state index in [1.165, 1.54) is 22.3 Å². The molecule has 0 unspecified atom stereocenters. The number of hydrogen-bond donors (Lipinski definition) is 1. The second-order valence-electron chi connectivity index (χ2n) is 12.1. The fraction of sp³-hybridized carbons (Fsp3) is 0.231. The smallest absolute Gasteiger partial charge is 0.253 e. The molecular weight excluding hydrogens is 590 g/mol. The van der Waals surface area contributed by atoms with Crippen molar-refractivity contribution in [2.45, 2.75) is 19.5 Å². The molecule has 0 bridgehead atoms. The number of aromatic nitrogens is 1. The zero-order chi connectivity index (χ0) is 31.5. The zero-order valence-corrected chi connectivity index (χ0v) is 26.8. The number of fused-ring (bicyclic) bond motifs is 1. The summed E-state index contributed by atoms with van der Waals surface area (Å²) < 4.78 is 0. The van der Waals surface area contributed by atoms with E-state index in [0.717, 1.165) is 60.4 Å². The van der Waals surface area contributed by atoms with Crippen LogP contribution in [0.15, 0.2) is 115 Å². The molecule has 1 fully saturated rings. The molecule has 1 amide bonds. The number of amides is 1. The van der Waals surface area contributed by atoms with Crippen molar-refractivity contribution in [1.29, 1.82) is 0 Å². The Bertz CT molecular complexity index is 1760. The van der Waals surface area contributed by atoms with Gasteiger partial charge in [-0.2, -0.15) is 0 Å². The number of hydrogen-bond acceptors (Lipinski definition) is 5. The number of rotatable bonds is 7. The molecule has 0 aliphatic carbocycles. The summed E-state index contributed by atoms with van der Waals surface area (Å²) in [6, 6.07) is 37.7. The monoisotopic (exact) mass is 627 g/mol. The minimum atomic E-state index is 0.0815. The summed E-state index contributed by atoms with van der Waals surface area (Å²) >= 11 is 6.32. The van der Waals surface area contributed by atoms with Crippen molar-refractivity contribution in [2.24, 2.45) is 0 Å². The Morgan fingerprint density at radius 1 is 0.804 bits per heavy atom. The molecule has 4 aromatic carbocycles. The van der Waals surface area contributed by atoms with Gasteiger partial charge in [0.05, 0.1) is 11.7 Å². The maximum atomic E-state index is 13.6. The van der Waals surface area contributed by atoms with E-state index in [1.54, 1.807) is 0 Å². The van der Waals surface area contributed by atoms with Crippen LogP contribution in [0.25, 0.3) is 11.1 Å². The maximum Gasteiger partial charge on any atom is 0.253 e. The van der Waals surface area contributed by atoms with E-state index in [1.807, 2.05) is 41.4 Å². The predicted molar refractivity (Wildman–Crippen MR) is 188 cm³/mol. The van der Waals surface area contributed by atoms with Crippen LogP contribution in [0.3, 0.4) is 0 Å². The highest BCUT2D eigenvalue weighted by Crippen LogP contribution is 2.34. The summed E-state index contributed by atoms with van der Waals surface area (Å²) in [5.41, 5.74) is 8.84. The number of benzene rings is 4. The third kappa shape index (κ3) is 6.37. The Hall–Kier alpha value is -4.65. The number of nitrogens with zero attached hydrogens (tertiary/aromatic N) is 4. The highest BCUT2D eigenvalue weighted by Gasteiger charge is 2.28. The topological polar surface area (TPSA) is 51.7 Å². The van der Waals surface area contributed by atoms with Gasteiger partial charge in [-0.15, -0.1) is 0 Å². The fourth-order valence-corrected chi connectivity index (χ4v) is 6.85. The van der Waals surface area contributed by atoms with Crippen LogP contribution < -0.4 is 10.2 Å². The lowest BCUT2D eigenvalue weighted by Gasteiger charge is -2.39. The standard InChI is InChI=1S/C39H38ClN5O/c1-28-12-17-35(40)24-34(28)27-45-19-18-41-38-36(45)25-33(26-42-38)29-13-15-32(16-14-29)39(46)44-22-20-43(21-23-44)37(30-8-4-2-5-9-30)31-10-6-3-7-11-31/h2-17,24-26,37H,18-23,27H2,1H3,(H,41,42). The summed E-state index contributed by atoms with van der Waals surface area (Å²) in [5.74, 6) is 0.973. The second-order valence-corrected chi connectivity index (χ2v) is 12.6. The van der Waals surface area contributed by atoms with Crippen LogP contribution in [0, 0.1) is 6.92 Å². The molecule has 5 aromatic rings. The molecule has 0 radical (unpaired) electrons. The SMILES string of the molecule is Cc1ccc(Cl)cc1CN1CCNc2ncc(-c3ccc(C(=O)N4CCN(C(c5ccccc5)c5ccccc5)CC4)cc3)cc21. The number of anilines is 2. The van der Waals surface area contributed by atoms with Gasteiger partial charge >= 0.3 is 0 Å². The molecule has 6 nitrogen and oxygen atoms in total. The minimum absolute atomic E-state index is 0.0815. The lowest BCUT2D eigenvalue weighted by atomic mass is 9.96. The van der Waals surface area contributed by atoms with Crippen LogP contribution in [0.5, 0.6) is 0 Å². The average molecular weight is 628 g/mol. The molecule has 7 rings (SSSR count). The third-order valence-electron chi connectivity index (χ3n) is 9.22. The minimum Gasteiger partial charge on any atom is -0.367 e. The molecule has 1 saturated heterocycles. The molecule has 0 spiro atoms. The molecule has 2 aliphatic heterocycles. The van der Waals surface area contributed by atoms with Crippen LogP contribution in [0.1, 0.15) is 38.7 Å². The van der Waals surface area contributed by atoms with Crippen LogP contribution in [-0.4, -0.2) is 60.0 Å². The van der Waals surface area contributed by atoms with Gasteiger partial charge in [-0.3, -0.25) is 9.69 Å². The van der Waals surface area contributed by atoms with E-state index in [-0.39, 0.29) is 11.9 Å². The van der Waals surface area contributed by atoms with E-state index in [9.17, 15) is 4.79 Å². The molecule has 1 aromatic heterocycles. The second kappa shape index (κ2) is 13.4. The van der Waals surface area contributed by atoms with Crippen molar-refractivity contribution < 1.29 is 4.79 Å². The third-order valence-corrected chi connectivity index (χ3v) is 9.45. The molecule has 2 aliphatic rings. The quantitative estimate of drug-likeness (QED) is 0.201. The largest absolute Gasteiger partial charge is 0.367 e. The predicted octanol–water partition coefficient (Wildman–Crippen LogP) is 7.69. The van der Waals surface area contributed by atoms with Crippen molar-refractivity contribution in [3.8, 4) is 11.1 Å². The lowest BCUT2D eigenvalue weighted by Crippen LogP contribution is -2.49. The Morgan fingerprint density at radius 3 is 2.15 bits per heavy atom. The van der Waals surface area contributed by atoms with Gasteiger partial charge < -0.3 is 15.1 Å². The zero-order valence-electron chi connectivity index (χ0n) is 26.1. The van der Waals surface area contributed by atoms with Gasteiger partial charge in [0, 0.05) is 68.2 Å². The number of carbonyl (C=O) groups excluding carboxylic acids is 1. The van der Waals surface area contributed by atoms with Gasteiger partial charge in [-0.1, -0.05) is 90.5 Å². The highest BCUT2D eigenvalue weighted by molar-refractivity contribution is 6.30. The van der Waals surface area contributed by atoms with Crippen LogP contribution in [0.4, 0.5) is 11.5 Å². The number of nitrogens with one attached hydrogen (secondary N) is 1. The van der Waals surface area contributed by atoms with E-state index in [2.05, 4.69) is 101 Å². The first-order valence-corrected chi connectivity index (χ1v) is 16.4. The van der Waals surface area contributed by atoms with Crippen molar-refractivity contribution in [2.75, 3.05) is 49.5 Å². The number of halogens is 1. The van der Waals surface area contributed by atoms with E-state index in [0.29, 0.717) is 18.7 Å². The number of aryl methyl sites for hydroxylation is 1. The van der Waals surface area contributed by atoms with Gasteiger partial charge in [0.25, 0.3) is 5.91 Å². The Morgan fingerprint density at radius 2 is 1.48 bits per heavy atom. The van der Waals surface area contributed by atoms with Gasteiger partial charge in [-0.05, 0) is 65.1 Å². The van der Waals surface area contributed by atoms with Gasteiger partial charge in [0.15, 0.2) is 0 Å². The maximum absolute atomic E-state index is 13.6. The number of carbonyl (C=O) groups is 1. The Balaban J connectivity index is 1.04. The van der Waals surface area contributed by atoms with Gasteiger partial charge in [0.1, 0.15) is 5.82 Å². The normalized spacial score (nSPS) is 15.0. The van der Waals surface area contributed by atoms with E-state index < -0.39 is 0 Å². The number of pyridine rings is 1. The molecular formula is C39H38ClN5O. The van der Waals surface area contributed by atoms with Crippen molar-refractivity contribution in [1.82, 2.24) is 14.8 Å². The Labute approximate surface area is 276 Å². The molecule has 1 N–H and O–H groups in total. The first kappa shape index (κ1) is 30.0. The van der Waals surface area contributed by atoms with Crippen molar-refractivity contribution >= 4 is 29.0 Å². The number of piperazine rings is 1. The molecule has 46 heavy (non-hydrogen) atoms. The Kier molecular flexibility index (Phi) is 8.73. The molecule has 7 heteroatoms. The summed E-state index contributed by atoms with van der Waals surface area (Å²) in [4.78, 5) is 25.2. The molecule has 0 saturated carbocycles. The summed E-state index contributed by atoms with van der Waals surface area (Å²) in [6.07, 6.45) is 1.91. The average Bonchev–Trinajstić information content (AvgIpc) is 3.11. The first-order valence-electron chi connectivity index (χ1n) is 16.0. The van der Waals surface area contributed by atoms with Crippen LogP contribution in [0.2, 0.25) is 5.02 Å². The summed E-state index contributed by atoms with van der Waals surface area (Å²) in [5, 5.41) is 4.19. The molecule has 3 heterocycles. The van der Waals surface area contributed by atoms with Gasteiger partial charge in [-0.25, -0.2) is 4.98 Å².